The van der Waals surface area contributed by atoms with E-state index in [1.54, 1.807) is 6.92 Å². The Kier molecular flexibility index (Phi) is 6.11. The zero-order valence-corrected chi connectivity index (χ0v) is 8.69. The molecule has 0 aliphatic heterocycles. The van der Waals surface area contributed by atoms with Gasteiger partial charge in [0.15, 0.2) is 0 Å². The molecule has 0 aromatic rings. The van der Waals surface area contributed by atoms with Crippen LogP contribution in [0.3, 0.4) is 0 Å². The predicted molar refractivity (Wildman–Crippen MR) is 51.0 cm³/mol. The second-order valence-corrected chi connectivity index (χ2v) is 3.81. The van der Waals surface area contributed by atoms with Gasteiger partial charge >= 0.3 is 6.18 Å². The van der Waals surface area contributed by atoms with E-state index in [1.807, 2.05) is 6.92 Å². The molecule has 0 radical (unpaired) electrons. The van der Waals surface area contributed by atoms with Crippen molar-refractivity contribution < 1.29 is 13.2 Å². The lowest BCUT2D eigenvalue weighted by Crippen LogP contribution is -2.34. The summed E-state index contributed by atoms with van der Waals surface area (Å²) in [6, 6.07) is -0.518. The highest BCUT2D eigenvalue weighted by Gasteiger charge is 2.29. The average molecular weight is 212 g/mol. The highest BCUT2D eigenvalue weighted by atomic mass is 19.4. The van der Waals surface area contributed by atoms with Crippen molar-refractivity contribution in [3.8, 4) is 0 Å². The van der Waals surface area contributed by atoms with Gasteiger partial charge in [-0.05, 0) is 32.4 Å². The summed E-state index contributed by atoms with van der Waals surface area (Å²) < 4.78 is 35.8. The first-order valence-electron chi connectivity index (χ1n) is 4.85. The number of nitrogens with two attached hydrogens (primary N) is 1. The Labute approximate surface area is 83.0 Å². The number of hydrogen-bond donors (Lipinski definition) is 2. The largest absolute Gasteiger partial charge is 0.390 e. The molecule has 14 heavy (non-hydrogen) atoms. The molecule has 2 atom stereocenters. The molecule has 0 spiro atoms. The Morgan fingerprint density at radius 3 is 2.29 bits per heavy atom. The lowest BCUT2D eigenvalue weighted by Gasteiger charge is -2.18. The van der Waals surface area contributed by atoms with Gasteiger partial charge in [-0.1, -0.05) is 6.92 Å². The van der Waals surface area contributed by atoms with Crippen molar-refractivity contribution in [3.63, 3.8) is 0 Å². The van der Waals surface area contributed by atoms with Crippen molar-refractivity contribution >= 4 is 0 Å². The highest BCUT2D eigenvalue weighted by Crippen LogP contribution is 2.21. The maximum Gasteiger partial charge on any atom is 0.390 e. The molecule has 0 rings (SSSR count). The van der Waals surface area contributed by atoms with Crippen LogP contribution >= 0.6 is 0 Å². The van der Waals surface area contributed by atoms with Crippen LogP contribution in [0.5, 0.6) is 0 Å². The quantitative estimate of drug-likeness (QED) is 0.705. The molecule has 3 N–H and O–H groups in total. The third kappa shape index (κ3) is 8.31. The fourth-order valence-electron chi connectivity index (χ4n) is 1.21. The van der Waals surface area contributed by atoms with Crippen LogP contribution in [0.2, 0.25) is 0 Å². The zero-order valence-electron chi connectivity index (χ0n) is 8.69. The molecule has 0 saturated carbocycles. The Morgan fingerprint density at radius 2 is 1.86 bits per heavy atom. The minimum absolute atomic E-state index is 0.329. The molecule has 0 heterocycles. The molecule has 0 fully saturated rings. The summed E-state index contributed by atoms with van der Waals surface area (Å²) in [5, 5.41) is 2.85. The molecule has 0 aliphatic carbocycles. The Hall–Kier alpha value is -0.290. The molecule has 0 amide bonds. The van der Waals surface area contributed by atoms with E-state index in [9.17, 15) is 13.2 Å². The second-order valence-electron chi connectivity index (χ2n) is 3.81. The number of hydrogen-bond acceptors (Lipinski definition) is 2. The van der Waals surface area contributed by atoms with Crippen molar-refractivity contribution in [1.82, 2.24) is 5.32 Å². The van der Waals surface area contributed by atoms with Gasteiger partial charge in [0.1, 0.15) is 0 Å². The zero-order chi connectivity index (χ0) is 11.2. The molecule has 2 unspecified atom stereocenters. The van der Waals surface area contributed by atoms with Crippen molar-refractivity contribution in [2.75, 3.05) is 13.1 Å². The smallest absolute Gasteiger partial charge is 0.330 e. The maximum atomic E-state index is 11.9. The van der Waals surface area contributed by atoms with Crippen LogP contribution in [0.1, 0.15) is 26.7 Å². The van der Waals surface area contributed by atoms with E-state index in [4.69, 9.17) is 5.73 Å². The first kappa shape index (κ1) is 13.7. The topological polar surface area (TPSA) is 38.0 Å². The minimum Gasteiger partial charge on any atom is -0.330 e. The first-order chi connectivity index (χ1) is 6.35. The summed E-state index contributed by atoms with van der Waals surface area (Å²) in [5.74, 6) is 0.329. The van der Waals surface area contributed by atoms with E-state index in [1.165, 1.54) is 0 Å². The van der Waals surface area contributed by atoms with Gasteiger partial charge < -0.3 is 11.1 Å². The third-order valence-corrected chi connectivity index (χ3v) is 2.01. The molecule has 0 aliphatic rings. The van der Waals surface area contributed by atoms with E-state index < -0.39 is 18.6 Å². The van der Waals surface area contributed by atoms with Gasteiger partial charge in [-0.25, -0.2) is 0 Å². The Bertz CT molecular complexity index is 147. The normalized spacial score (nSPS) is 16.7. The molecule has 0 bridgehead atoms. The molecule has 5 heteroatoms. The predicted octanol–water partition coefficient (Wildman–Crippen LogP) is 1.90. The van der Waals surface area contributed by atoms with Gasteiger partial charge in [0.2, 0.25) is 0 Å². The van der Waals surface area contributed by atoms with Gasteiger partial charge in [0.05, 0.1) is 6.42 Å². The third-order valence-electron chi connectivity index (χ3n) is 2.01. The fourth-order valence-corrected chi connectivity index (χ4v) is 1.21. The van der Waals surface area contributed by atoms with Gasteiger partial charge in [-0.15, -0.1) is 0 Å². The Morgan fingerprint density at radius 1 is 1.29 bits per heavy atom. The van der Waals surface area contributed by atoms with E-state index in [-0.39, 0.29) is 0 Å². The molecule has 2 nitrogen and oxygen atoms in total. The molecule has 0 saturated heterocycles. The first-order valence-corrected chi connectivity index (χ1v) is 4.85. The number of rotatable bonds is 6. The fraction of sp³-hybridized carbons (Fsp3) is 1.00. The summed E-state index contributed by atoms with van der Waals surface area (Å²) in [4.78, 5) is 0. The molecular weight excluding hydrogens is 193 g/mol. The molecule has 0 aromatic carbocycles. The van der Waals surface area contributed by atoms with Crippen LogP contribution in [-0.2, 0) is 0 Å². The average Bonchev–Trinajstić information content (AvgIpc) is 1.98. The second kappa shape index (κ2) is 6.24. The van der Waals surface area contributed by atoms with Crippen LogP contribution < -0.4 is 11.1 Å². The van der Waals surface area contributed by atoms with Crippen molar-refractivity contribution in [2.45, 2.75) is 38.9 Å². The lowest BCUT2D eigenvalue weighted by atomic mass is 10.1. The Balaban J connectivity index is 3.58. The summed E-state index contributed by atoms with van der Waals surface area (Å²) in [6.45, 7) is 4.69. The standard InChI is InChI=1S/C9H19F3N2/c1-7(3-4-13)6-14-8(2)5-9(10,11)12/h7-8,14H,3-6,13H2,1-2H3. The number of alkyl halides is 3. The molecule has 86 valence electrons. The molecule has 0 aromatic heterocycles. The highest BCUT2D eigenvalue weighted by molar-refractivity contribution is 4.67. The van der Waals surface area contributed by atoms with Crippen LogP contribution in [0.4, 0.5) is 13.2 Å². The van der Waals surface area contributed by atoms with Gasteiger partial charge in [0.25, 0.3) is 0 Å². The van der Waals surface area contributed by atoms with Crippen molar-refractivity contribution in [2.24, 2.45) is 11.7 Å². The van der Waals surface area contributed by atoms with Gasteiger partial charge in [-0.2, -0.15) is 13.2 Å². The summed E-state index contributed by atoms with van der Waals surface area (Å²) in [5.41, 5.74) is 5.33. The van der Waals surface area contributed by atoms with Crippen molar-refractivity contribution in [3.05, 3.63) is 0 Å². The minimum atomic E-state index is -4.08. The van der Waals surface area contributed by atoms with E-state index in [2.05, 4.69) is 5.32 Å². The SMILES string of the molecule is CC(CCN)CNC(C)CC(F)(F)F. The molecular formula is C9H19F3N2. The summed E-state index contributed by atoms with van der Waals surface area (Å²) >= 11 is 0. The van der Waals surface area contributed by atoms with Gasteiger partial charge in [0, 0.05) is 6.04 Å². The van der Waals surface area contributed by atoms with Crippen LogP contribution in [0.15, 0.2) is 0 Å². The number of nitrogens with one attached hydrogen (secondary N) is 1. The maximum absolute atomic E-state index is 11.9. The lowest BCUT2D eigenvalue weighted by molar-refractivity contribution is -0.139. The van der Waals surface area contributed by atoms with E-state index in [0.717, 1.165) is 6.42 Å². The van der Waals surface area contributed by atoms with Crippen LogP contribution in [-0.4, -0.2) is 25.3 Å². The number of halogens is 3. The van der Waals surface area contributed by atoms with E-state index >= 15 is 0 Å². The van der Waals surface area contributed by atoms with Crippen LogP contribution in [0.25, 0.3) is 0 Å². The monoisotopic (exact) mass is 212 g/mol. The van der Waals surface area contributed by atoms with Crippen LogP contribution in [0, 0.1) is 5.92 Å². The summed E-state index contributed by atoms with van der Waals surface area (Å²) in [6.07, 6.45) is -4.02. The van der Waals surface area contributed by atoms with Crippen molar-refractivity contribution in [1.29, 1.82) is 0 Å². The van der Waals surface area contributed by atoms with E-state index in [0.29, 0.717) is 19.0 Å². The summed E-state index contributed by atoms with van der Waals surface area (Å²) in [7, 11) is 0. The van der Waals surface area contributed by atoms with Gasteiger partial charge in [-0.3, -0.25) is 0 Å².